The third-order valence-electron chi connectivity index (χ3n) is 9.39. The molecule has 40 heavy (non-hydrogen) atoms. The van der Waals surface area contributed by atoms with Gasteiger partial charge in [-0.2, -0.15) is 0 Å². The van der Waals surface area contributed by atoms with Gasteiger partial charge in [0.05, 0.1) is 12.0 Å². The van der Waals surface area contributed by atoms with Crippen LogP contribution >= 0.6 is 0 Å². The Morgan fingerprint density at radius 1 is 0.475 bits per heavy atom. The first-order valence-electron chi connectivity index (χ1n) is 18.8. The van der Waals surface area contributed by atoms with Crippen LogP contribution in [0.5, 0.6) is 0 Å². The molecule has 236 valence electrons. The molecule has 1 N–H and O–H groups in total. The maximum atomic E-state index is 3.70. The number of hydrogen-bond donors (Lipinski definition) is 1. The van der Waals surface area contributed by atoms with E-state index in [1.54, 1.807) is 0 Å². The first-order valence-corrected chi connectivity index (χ1v) is 18.8. The van der Waals surface area contributed by atoms with E-state index < -0.39 is 0 Å². The lowest BCUT2D eigenvalue weighted by Gasteiger charge is -2.17. The fourth-order valence-electron chi connectivity index (χ4n) is 6.59. The average Bonchev–Trinajstić information content (AvgIpc) is 3.46. The zero-order valence-corrected chi connectivity index (χ0v) is 28.3. The normalized spacial score (nSPS) is 13.2. The Morgan fingerprint density at radius 2 is 0.825 bits per heavy atom. The number of imidazole rings is 1. The molecule has 2 nitrogen and oxygen atoms in total. The Morgan fingerprint density at radius 3 is 1.25 bits per heavy atom. The summed E-state index contributed by atoms with van der Waals surface area (Å²) in [5.41, 5.74) is 0. The van der Waals surface area contributed by atoms with Crippen LogP contribution in [0.25, 0.3) is 0 Å². The number of unbranched alkanes of at least 4 members (excludes halogenated alkanes) is 23. The molecular formula is C38H75N2+. The van der Waals surface area contributed by atoms with Crippen molar-refractivity contribution in [3.05, 3.63) is 18.2 Å². The van der Waals surface area contributed by atoms with Gasteiger partial charge >= 0.3 is 0 Å². The van der Waals surface area contributed by atoms with Crippen LogP contribution in [0.2, 0.25) is 0 Å². The van der Waals surface area contributed by atoms with Crippen LogP contribution in [0.1, 0.15) is 232 Å². The van der Waals surface area contributed by atoms with E-state index in [4.69, 9.17) is 0 Å². The van der Waals surface area contributed by atoms with Crippen LogP contribution in [0.15, 0.2) is 12.4 Å². The van der Waals surface area contributed by atoms with E-state index in [-0.39, 0.29) is 0 Å². The number of nitrogens with zero attached hydrogens (tertiary/aromatic N) is 1. The molecule has 2 heteroatoms. The lowest BCUT2D eigenvalue weighted by molar-refractivity contribution is -0.727. The number of rotatable bonds is 31. The smallest absolute Gasteiger partial charge is 0.247 e. The number of nitrogens with one attached hydrogen (secondary N) is 1. The molecule has 0 radical (unpaired) electrons. The molecule has 2 unspecified atom stereocenters. The molecule has 1 heterocycles. The van der Waals surface area contributed by atoms with E-state index in [0.29, 0.717) is 12.0 Å². The Bertz CT molecular complexity index is 621. The van der Waals surface area contributed by atoms with Crippen molar-refractivity contribution in [3.8, 4) is 0 Å². The van der Waals surface area contributed by atoms with Crippen molar-refractivity contribution in [1.29, 1.82) is 0 Å². The van der Waals surface area contributed by atoms with E-state index in [2.05, 4.69) is 49.6 Å². The Labute approximate surface area is 253 Å². The Balaban J connectivity index is 2.19. The predicted molar refractivity (Wildman–Crippen MR) is 179 cm³/mol. The van der Waals surface area contributed by atoms with Crippen molar-refractivity contribution < 1.29 is 4.57 Å². The second-order valence-electron chi connectivity index (χ2n) is 13.3. The summed E-state index contributed by atoms with van der Waals surface area (Å²) < 4.78 is 2.61. The van der Waals surface area contributed by atoms with E-state index >= 15 is 0 Å². The number of aromatic amines is 1. The number of aromatic nitrogens is 2. The summed E-state index contributed by atoms with van der Waals surface area (Å²) in [7, 11) is 0. The van der Waals surface area contributed by atoms with Gasteiger partial charge in [-0.3, -0.25) is 0 Å². The van der Waals surface area contributed by atoms with Crippen molar-refractivity contribution in [1.82, 2.24) is 4.98 Å². The van der Waals surface area contributed by atoms with Crippen molar-refractivity contribution in [2.24, 2.45) is 0 Å². The standard InChI is InChI=1S/C38H74N2/c1-5-8-11-13-15-17-18-19-20-21-22-24-26-28-30-33-37(32-10-7-3)38-39-34-35-40(38)36(4)31-29-27-25-23-16-14-12-9-6-2/h34-37H,5-33H2,1-4H3/p+1. The van der Waals surface area contributed by atoms with Crippen LogP contribution in [0.4, 0.5) is 0 Å². The SMILES string of the molecule is CCCCCCCCCCCCCCCCCC(CCCC)c1[nH]cc[n+]1C(C)CCCCCCCCCCC. The van der Waals surface area contributed by atoms with Gasteiger partial charge < -0.3 is 0 Å². The van der Waals surface area contributed by atoms with E-state index in [1.807, 2.05) is 0 Å². The lowest BCUT2D eigenvalue weighted by Crippen LogP contribution is -2.41. The molecule has 1 aromatic rings. The summed E-state index contributed by atoms with van der Waals surface area (Å²) in [5.74, 6) is 2.23. The molecule has 0 saturated carbocycles. The van der Waals surface area contributed by atoms with Crippen molar-refractivity contribution in [2.45, 2.75) is 226 Å². The fraction of sp³-hybridized carbons (Fsp3) is 0.921. The summed E-state index contributed by atoms with van der Waals surface area (Å²) in [6.45, 7) is 9.41. The minimum atomic E-state index is 0.621. The highest BCUT2D eigenvalue weighted by Crippen LogP contribution is 2.27. The minimum Gasteiger partial charge on any atom is -0.247 e. The van der Waals surface area contributed by atoms with Gasteiger partial charge in [-0.25, -0.2) is 9.55 Å². The van der Waals surface area contributed by atoms with E-state index in [0.717, 1.165) is 0 Å². The van der Waals surface area contributed by atoms with Crippen LogP contribution in [-0.2, 0) is 0 Å². The quantitative estimate of drug-likeness (QED) is 0.0689. The van der Waals surface area contributed by atoms with Gasteiger partial charge in [0.1, 0.15) is 12.4 Å². The molecule has 0 amide bonds. The van der Waals surface area contributed by atoms with Gasteiger partial charge in [-0.05, 0) is 32.6 Å². The topological polar surface area (TPSA) is 19.7 Å². The van der Waals surface area contributed by atoms with E-state index in [9.17, 15) is 0 Å². The highest BCUT2D eigenvalue weighted by Gasteiger charge is 2.25. The molecule has 0 aliphatic carbocycles. The first kappa shape index (κ1) is 37.2. The molecular weight excluding hydrogens is 484 g/mol. The molecule has 0 spiro atoms. The van der Waals surface area contributed by atoms with Gasteiger partial charge in [0.25, 0.3) is 5.82 Å². The van der Waals surface area contributed by atoms with E-state index in [1.165, 1.54) is 192 Å². The Kier molecular flexibility index (Phi) is 26.4. The van der Waals surface area contributed by atoms with Crippen LogP contribution in [-0.4, -0.2) is 4.98 Å². The average molecular weight is 560 g/mol. The molecule has 0 bridgehead atoms. The largest absolute Gasteiger partial charge is 0.257 e. The summed E-state index contributed by atoms with van der Waals surface area (Å²) in [4.78, 5) is 3.70. The summed E-state index contributed by atoms with van der Waals surface area (Å²) in [6, 6.07) is 0.621. The summed E-state index contributed by atoms with van der Waals surface area (Å²) >= 11 is 0. The van der Waals surface area contributed by atoms with Gasteiger partial charge in [0.2, 0.25) is 0 Å². The number of H-pyrrole nitrogens is 1. The fourth-order valence-corrected chi connectivity index (χ4v) is 6.59. The molecule has 0 aromatic carbocycles. The summed E-state index contributed by atoms with van der Waals surface area (Å²) in [5, 5.41) is 0. The van der Waals surface area contributed by atoms with Gasteiger partial charge in [0, 0.05) is 0 Å². The maximum absolute atomic E-state index is 3.70. The molecule has 0 fully saturated rings. The maximum Gasteiger partial charge on any atom is 0.257 e. The highest BCUT2D eigenvalue weighted by atomic mass is 15.1. The molecule has 0 saturated heterocycles. The third kappa shape index (κ3) is 20.1. The number of hydrogen-bond acceptors (Lipinski definition) is 0. The van der Waals surface area contributed by atoms with Gasteiger partial charge in [-0.1, -0.05) is 181 Å². The molecule has 1 aromatic heterocycles. The summed E-state index contributed by atoms with van der Waals surface area (Å²) in [6.07, 6.45) is 45.8. The predicted octanol–water partition coefficient (Wildman–Crippen LogP) is 13.3. The molecule has 0 aliphatic rings. The minimum absolute atomic E-state index is 0.621. The second kappa shape index (κ2) is 28.3. The van der Waals surface area contributed by atoms with Crippen LogP contribution in [0, 0.1) is 0 Å². The molecule has 2 atom stereocenters. The molecule has 1 rings (SSSR count). The second-order valence-corrected chi connectivity index (χ2v) is 13.3. The first-order chi connectivity index (χ1) is 19.7. The van der Waals surface area contributed by atoms with Crippen LogP contribution in [0.3, 0.4) is 0 Å². The van der Waals surface area contributed by atoms with Crippen molar-refractivity contribution in [3.63, 3.8) is 0 Å². The third-order valence-corrected chi connectivity index (χ3v) is 9.39. The molecule has 0 aliphatic heterocycles. The highest BCUT2D eigenvalue weighted by molar-refractivity contribution is 4.90. The van der Waals surface area contributed by atoms with Gasteiger partial charge in [-0.15, -0.1) is 0 Å². The van der Waals surface area contributed by atoms with Crippen molar-refractivity contribution >= 4 is 0 Å². The zero-order valence-electron chi connectivity index (χ0n) is 28.3. The monoisotopic (exact) mass is 560 g/mol. The zero-order chi connectivity index (χ0) is 28.9. The van der Waals surface area contributed by atoms with Gasteiger partial charge in [0.15, 0.2) is 0 Å². The Hall–Kier alpha value is -0.790. The lowest BCUT2D eigenvalue weighted by atomic mass is 9.93. The van der Waals surface area contributed by atoms with Crippen LogP contribution < -0.4 is 4.57 Å². The van der Waals surface area contributed by atoms with Crippen molar-refractivity contribution in [2.75, 3.05) is 0 Å².